The molecule has 1 aromatic heterocycles. The minimum atomic E-state index is -0.552. The van der Waals surface area contributed by atoms with Gasteiger partial charge in [-0.2, -0.15) is 4.39 Å². The van der Waals surface area contributed by atoms with Gasteiger partial charge < -0.3 is 5.11 Å². The van der Waals surface area contributed by atoms with E-state index >= 15 is 0 Å². The Hall–Kier alpha value is -1.58. The van der Waals surface area contributed by atoms with Crippen LogP contribution < -0.4 is 0 Å². The third-order valence-corrected chi connectivity index (χ3v) is 1.79. The minimum Gasteiger partial charge on any atom is -0.508 e. The second kappa shape index (κ2) is 2.20. The third kappa shape index (κ3) is 0.845. The van der Waals surface area contributed by atoms with Gasteiger partial charge in [0.05, 0.1) is 10.9 Å². The molecule has 0 saturated carbocycles. The molecule has 1 heterocycles. The van der Waals surface area contributed by atoms with E-state index in [0.29, 0.717) is 10.9 Å². The van der Waals surface area contributed by atoms with Crippen molar-refractivity contribution in [1.29, 1.82) is 0 Å². The number of phenolic OH excluding ortho intramolecular Hbond substituents is 1. The molecule has 0 radical (unpaired) electrons. The van der Waals surface area contributed by atoms with Gasteiger partial charge in [0.1, 0.15) is 5.75 Å². The number of phenols is 1. The first kappa shape index (κ1) is 7.09. The molecule has 0 aliphatic heterocycles. The monoisotopic (exact) mass is 166 g/mol. The number of aryl methyl sites for hydroxylation is 1. The van der Waals surface area contributed by atoms with E-state index in [9.17, 15) is 4.39 Å². The summed E-state index contributed by atoms with van der Waals surface area (Å²) in [4.78, 5) is 0. The Morgan fingerprint density at radius 2 is 2.25 bits per heavy atom. The van der Waals surface area contributed by atoms with Gasteiger partial charge in [0, 0.05) is 7.05 Å². The SMILES string of the molecule is Cn1nc(F)c2cc(O)ccc21. The van der Waals surface area contributed by atoms with Crippen LogP contribution in [0.25, 0.3) is 10.9 Å². The van der Waals surface area contributed by atoms with Crippen LogP contribution in [0.5, 0.6) is 5.75 Å². The van der Waals surface area contributed by atoms with E-state index < -0.39 is 5.95 Å². The summed E-state index contributed by atoms with van der Waals surface area (Å²) in [6.07, 6.45) is 0. The average molecular weight is 166 g/mol. The molecule has 0 bridgehead atoms. The van der Waals surface area contributed by atoms with Crippen LogP contribution in [-0.2, 0) is 7.05 Å². The maximum atomic E-state index is 12.9. The lowest BCUT2D eigenvalue weighted by molar-refractivity contribution is 0.476. The Kier molecular flexibility index (Phi) is 1.30. The lowest BCUT2D eigenvalue weighted by Gasteiger charge is -1.92. The van der Waals surface area contributed by atoms with Crippen molar-refractivity contribution in [3.05, 3.63) is 24.1 Å². The van der Waals surface area contributed by atoms with E-state index in [4.69, 9.17) is 5.11 Å². The first-order chi connectivity index (χ1) is 5.68. The first-order valence-electron chi connectivity index (χ1n) is 3.50. The van der Waals surface area contributed by atoms with Crippen molar-refractivity contribution in [1.82, 2.24) is 9.78 Å². The summed E-state index contributed by atoms with van der Waals surface area (Å²) in [7, 11) is 1.66. The number of nitrogens with zero attached hydrogens (tertiary/aromatic N) is 2. The van der Waals surface area contributed by atoms with E-state index in [0.717, 1.165) is 0 Å². The smallest absolute Gasteiger partial charge is 0.240 e. The number of benzene rings is 1. The van der Waals surface area contributed by atoms with Crippen LogP contribution in [0, 0.1) is 5.95 Å². The maximum absolute atomic E-state index is 12.9. The number of halogens is 1. The Morgan fingerprint density at radius 3 is 3.00 bits per heavy atom. The van der Waals surface area contributed by atoms with Gasteiger partial charge in [-0.25, -0.2) is 0 Å². The van der Waals surface area contributed by atoms with Gasteiger partial charge in [0.2, 0.25) is 5.95 Å². The number of rotatable bonds is 0. The highest BCUT2D eigenvalue weighted by Crippen LogP contribution is 2.21. The molecule has 3 nitrogen and oxygen atoms in total. The molecule has 0 fully saturated rings. The van der Waals surface area contributed by atoms with E-state index in [1.165, 1.54) is 16.8 Å². The van der Waals surface area contributed by atoms with Crippen LogP contribution in [-0.4, -0.2) is 14.9 Å². The van der Waals surface area contributed by atoms with E-state index in [1.54, 1.807) is 13.1 Å². The molecule has 1 aromatic carbocycles. The first-order valence-corrected chi connectivity index (χ1v) is 3.50. The lowest BCUT2D eigenvalue weighted by atomic mass is 10.2. The van der Waals surface area contributed by atoms with Crippen molar-refractivity contribution >= 4 is 10.9 Å². The molecular formula is C8H7FN2O. The molecular weight excluding hydrogens is 159 g/mol. The van der Waals surface area contributed by atoms with Crippen molar-refractivity contribution in [2.45, 2.75) is 0 Å². The van der Waals surface area contributed by atoms with Crippen LogP contribution in [0.1, 0.15) is 0 Å². The molecule has 0 spiro atoms. The van der Waals surface area contributed by atoms with E-state index in [1.807, 2.05) is 0 Å². The Balaban J connectivity index is 2.90. The summed E-state index contributed by atoms with van der Waals surface area (Å²) in [5.74, 6) is -0.502. The predicted molar refractivity (Wildman–Crippen MR) is 42.3 cm³/mol. The van der Waals surface area contributed by atoms with Gasteiger partial charge in [0.15, 0.2) is 0 Å². The minimum absolute atomic E-state index is 0.0504. The number of fused-ring (bicyclic) bond motifs is 1. The third-order valence-electron chi connectivity index (χ3n) is 1.79. The van der Waals surface area contributed by atoms with Crippen LogP contribution in [0.3, 0.4) is 0 Å². The van der Waals surface area contributed by atoms with Crippen LogP contribution >= 0.6 is 0 Å². The summed E-state index contributed by atoms with van der Waals surface area (Å²) in [6.45, 7) is 0. The second-order valence-corrected chi connectivity index (χ2v) is 2.62. The van der Waals surface area contributed by atoms with Gasteiger partial charge in [-0.05, 0) is 18.2 Å². The largest absolute Gasteiger partial charge is 0.508 e. The van der Waals surface area contributed by atoms with Crippen LogP contribution in [0.4, 0.5) is 4.39 Å². The second-order valence-electron chi connectivity index (χ2n) is 2.62. The number of aromatic nitrogens is 2. The zero-order valence-corrected chi connectivity index (χ0v) is 6.45. The van der Waals surface area contributed by atoms with Crippen molar-refractivity contribution in [3.63, 3.8) is 0 Å². The fraction of sp³-hybridized carbons (Fsp3) is 0.125. The molecule has 0 atom stereocenters. The molecule has 1 N–H and O–H groups in total. The number of aromatic hydroxyl groups is 1. The summed E-state index contributed by atoms with van der Waals surface area (Å²) in [5.41, 5.74) is 0.672. The van der Waals surface area contributed by atoms with Gasteiger partial charge in [-0.15, -0.1) is 5.10 Å². The number of hydrogen-bond donors (Lipinski definition) is 1. The zero-order chi connectivity index (χ0) is 8.72. The molecule has 2 rings (SSSR count). The summed E-state index contributed by atoms with van der Waals surface area (Å²) >= 11 is 0. The molecule has 0 amide bonds. The average Bonchev–Trinajstić information content (AvgIpc) is 2.28. The van der Waals surface area contributed by atoms with Crippen molar-refractivity contribution in [2.75, 3.05) is 0 Å². The Bertz CT molecular complexity index is 436. The molecule has 0 unspecified atom stereocenters. The highest BCUT2D eigenvalue weighted by molar-refractivity contribution is 5.80. The summed E-state index contributed by atoms with van der Waals surface area (Å²) in [6, 6.07) is 4.49. The summed E-state index contributed by atoms with van der Waals surface area (Å²) in [5, 5.41) is 13.0. The van der Waals surface area contributed by atoms with Crippen LogP contribution in [0.15, 0.2) is 18.2 Å². The van der Waals surface area contributed by atoms with Crippen molar-refractivity contribution in [3.8, 4) is 5.75 Å². The van der Waals surface area contributed by atoms with Crippen molar-refractivity contribution < 1.29 is 9.50 Å². The molecule has 0 aliphatic carbocycles. The normalized spacial score (nSPS) is 10.8. The topological polar surface area (TPSA) is 38.0 Å². The molecule has 4 heteroatoms. The Labute approximate surface area is 68.0 Å². The van der Waals surface area contributed by atoms with Gasteiger partial charge in [0.25, 0.3) is 0 Å². The lowest BCUT2D eigenvalue weighted by Crippen LogP contribution is -1.88. The van der Waals surface area contributed by atoms with E-state index in [2.05, 4.69) is 5.10 Å². The van der Waals surface area contributed by atoms with E-state index in [-0.39, 0.29) is 5.75 Å². The van der Waals surface area contributed by atoms with Crippen LogP contribution in [0.2, 0.25) is 0 Å². The summed E-state index contributed by atoms with van der Waals surface area (Å²) < 4.78 is 14.4. The standard InChI is InChI=1S/C8H7FN2O/c1-11-7-3-2-5(12)4-6(7)8(9)10-11/h2-4,12H,1H3. The van der Waals surface area contributed by atoms with Gasteiger partial charge >= 0.3 is 0 Å². The molecule has 62 valence electrons. The number of hydrogen-bond acceptors (Lipinski definition) is 2. The highest BCUT2D eigenvalue weighted by Gasteiger charge is 2.07. The Morgan fingerprint density at radius 1 is 1.50 bits per heavy atom. The predicted octanol–water partition coefficient (Wildman–Crippen LogP) is 1.42. The molecule has 0 saturated heterocycles. The highest BCUT2D eigenvalue weighted by atomic mass is 19.1. The molecule has 2 aromatic rings. The molecule has 0 aliphatic rings. The van der Waals surface area contributed by atoms with Gasteiger partial charge in [-0.1, -0.05) is 0 Å². The van der Waals surface area contributed by atoms with Crippen molar-refractivity contribution in [2.24, 2.45) is 7.05 Å². The molecule has 12 heavy (non-hydrogen) atoms. The quantitative estimate of drug-likeness (QED) is 0.642. The fourth-order valence-corrected chi connectivity index (χ4v) is 1.21. The zero-order valence-electron chi connectivity index (χ0n) is 6.45. The maximum Gasteiger partial charge on any atom is 0.240 e. The fourth-order valence-electron chi connectivity index (χ4n) is 1.21. The van der Waals surface area contributed by atoms with Gasteiger partial charge in [-0.3, -0.25) is 4.68 Å².